The van der Waals surface area contributed by atoms with E-state index >= 15 is 0 Å². The Bertz CT molecular complexity index is 393. The number of carboxylic acids is 1. The quantitative estimate of drug-likeness (QED) is 0.842. The molecule has 0 spiro atoms. The molecule has 0 aromatic heterocycles. The fourth-order valence-corrected chi connectivity index (χ4v) is 1.45. The second kappa shape index (κ2) is 5.19. The van der Waals surface area contributed by atoms with Crippen molar-refractivity contribution in [2.45, 2.75) is 33.5 Å². The van der Waals surface area contributed by atoms with Gasteiger partial charge in [0.25, 0.3) is 0 Å². The smallest absolute Gasteiger partial charge is 0.345 e. The monoisotopic (exact) mass is 238 g/mol. The molecule has 0 bridgehead atoms. The summed E-state index contributed by atoms with van der Waals surface area (Å²) in [6.07, 6.45) is -0.920. The van der Waals surface area contributed by atoms with Crippen molar-refractivity contribution in [2.24, 2.45) is 5.41 Å². The average Bonchev–Trinajstić information content (AvgIpc) is 2.24. The SMILES string of the molecule is CC(C)(C)C(Oc1cccc(CO)c1)C(=O)O. The van der Waals surface area contributed by atoms with Crippen LogP contribution in [0, 0.1) is 5.41 Å². The normalized spacial score (nSPS) is 13.2. The second-order valence-corrected chi connectivity index (χ2v) is 5.01. The van der Waals surface area contributed by atoms with Crippen molar-refractivity contribution in [1.82, 2.24) is 0 Å². The van der Waals surface area contributed by atoms with Crippen molar-refractivity contribution >= 4 is 5.97 Å². The maximum atomic E-state index is 11.1. The molecule has 0 saturated carbocycles. The number of benzene rings is 1. The Labute approximate surface area is 101 Å². The van der Waals surface area contributed by atoms with Crippen LogP contribution in [0.5, 0.6) is 5.75 Å². The van der Waals surface area contributed by atoms with Gasteiger partial charge >= 0.3 is 5.97 Å². The first-order chi connectivity index (χ1) is 7.84. The molecule has 0 heterocycles. The first-order valence-corrected chi connectivity index (χ1v) is 5.44. The maximum Gasteiger partial charge on any atom is 0.345 e. The fourth-order valence-electron chi connectivity index (χ4n) is 1.45. The number of aliphatic carboxylic acids is 1. The van der Waals surface area contributed by atoms with Crippen LogP contribution in [-0.2, 0) is 11.4 Å². The highest BCUT2D eigenvalue weighted by molar-refractivity contribution is 5.73. The van der Waals surface area contributed by atoms with E-state index in [1.165, 1.54) is 0 Å². The molecule has 1 atom stereocenters. The lowest BCUT2D eigenvalue weighted by Crippen LogP contribution is -2.39. The standard InChI is InChI=1S/C13H18O4/c1-13(2,3)11(12(15)16)17-10-6-4-5-9(7-10)8-14/h4-7,11,14H,8H2,1-3H3,(H,15,16). The fraction of sp³-hybridized carbons (Fsp3) is 0.462. The maximum absolute atomic E-state index is 11.1. The van der Waals surface area contributed by atoms with Crippen molar-refractivity contribution in [3.8, 4) is 5.75 Å². The summed E-state index contributed by atoms with van der Waals surface area (Å²) in [5.41, 5.74) is 0.196. The molecule has 1 unspecified atom stereocenters. The number of rotatable bonds is 4. The Morgan fingerprint density at radius 3 is 2.53 bits per heavy atom. The molecule has 4 heteroatoms. The molecule has 0 aliphatic rings. The summed E-state index contributed by atoms with van der Waals surface area (Å²) in [7, 11) is 0. The zero-order chi connectivity index (χ0) is 13.1. The van der Waals surface area contributed by atoms with E-state index in [1.54, 1.807) is 24.3 Å². The van der Waals surface area contributed by atoms with Gasteiger partial charge in [0.2, 0.25) is 0 Å². The topological polar surface area (TPSA) is 66.8 Å². The number of carbonyl (C=O) groups is 1. The van der Waals surface area contributed by atoms with Gasteiger partial charge < -0.3 is 14.9 Å². The van der Waals surface area contributed by atoms with Crippen LogP contribution in [0.1, 0.15) is 26.3 Å². The molecule has 1 rings (SSSR count). The predicted molar refractivity (Wildman–Crippen MR) is 63.9 cm³/mol. The lowest BCUT2D eigenvalue weighted by molar-refractivity contribution is -0.150. The summed E-state index contributed by atoms with van der Waals surface area (Å²) in [6.45, 7) is 5.33. The van der Waals surface area contributed by atoms with Crippen LogP contribution in [0.25, 0.3) is 0 Å². The molecule has 0 radical (unpaired) electrons. The zero-order valence-corrected chi connectivity index (χ0v) is 10.3. The summed E-state index contributed by atoms with van der Waals surface area (Å²) in [5, 5.41) is 18.1. The van der Waals surface area contributed by atoms with Gasteiger partial charge in [-0.05, 0) is 17.7 Å². The highest BCUT2D eigenvalue weighted by atomic mass is 16.5. The largest absolute Gasteiger partial charge is 0.478 e. The predicted octanol–water partition coefficient (Wildman–Crippen LogP) is 2.06. The van der Waals surface area contributed by atoms with E-state index in [2.05, 4.69) is 0 Å². The van der Waals surface area contributed by atoms with Crippen molar-refractivity contribution in [3.63, 3.8) is 0 Å². The molecule has 0 saturated heterocycles. The van der Waals surface area contributed by atoms with Gasteiger partial charge in [-0.3, -0.25) is 0 Å². The van der Waals surface area contributed by atoms with Crippen LogP contribution >= 0.6 is 0 Å². The Kier molecular flexibility index (Phi) is 4.12. The van der Waals surface area contributed by atoms with Gasteiger partial charge in [-0.2, -0.15) is 0 Å². The van der Waals surface area contributed by atoms with Gasteiger partial charge in [0.1, 0.15) is 5.75 Å². The number of carboxylic acid groups (broad SMARTS) is 1. The molecule has 0 fully saturated rings. The average molecular weight is 238 g/mol. The minimum absolute atomic E-state index is 0.0928. The molecule has 0 aliphatic carbocycles. The Morgan fingerprint density at radius 1 is 1.41 bits per heavy atom. The molecule has 0 amide bonds. The van der Waals surface area contributed by atoms with E-state index in [9.17, 15) is 4.79 Å². The molecule has 0 aliphatic heterocycles. The molecule has 4 nitrogen and oxygen atoms in total. The highest BCUT2D eigenvalue weighted by Crippen LogP contribution is 2.25. The van der Waals surface area contributed by atoms with Crippen LogP contribution in [0.15, 0.2) is 24.3 Å². The van der Waals surface area contributed by atoms with Crippen LogP contribution in [0.3, 0.4) is 0 Å². The van der Waals surface area contributed by atoms with E-state index < -0.39 is 17.5 Å². The van der Waals surface area contributed by atoms with Gasteiger partial charge in [0.05, 0.1) is 6.61 Å². The third-order valence-corrected chi connectivity index (χ3v) is 2.35. The van der Waals surface area contributed by atoms with Gasteiger partial charge in [0.15, 0.2) is 6.10 Å². The number of aliphatic hydroxyl groups is 1. The van der Waals surface area contributed by atoms with E-state index in [0.29, 0.717) is 11.3 Å². The molecule has 17 heavy (non-hydrogen) atoms. The molecular formula is C13H18O4. The third kappa shape index (κ3) is 3.75. The summed E-state index contributed by atoms with van der Waals surface area (Å²) >= 11 is 0. The third-order valence-electron chi connectivity index (χ3n) is 2.35. The van der Waals surface area contributed by atoms with Gasteiger partial charge in [0, 0.05) is 5.41 Å². The van der Waals surface area contributed by atoms with Crippen molar-refractivity contribution in [1.29, 1.82) is 0 Å². The summed E-state index contributed by atoms with van der Waals surface area (Å²) in [5.74, 6) is -0.536. The van der Waals surface area contributed by atoms with E-state index in [4.69, 9.17) is 14.9 Å². The summed E-state index contributed by atoms with van der Waals surface area (Å²) < 4.78 is 5.47. The molecular weight excluding hydrogens is 220 g/mol. The number of hydrogen-bond acceptors (Lipinski definition) is 3. The van der Waals surface area contributed by atoms with Gasteiger partial charge in [-0.15, -0.1) is 0 Å². The van der Waals surface area contributed by atoms with Crippen molar-refractivity contribution in [2.75, 3.05) is 0 Å². The minimum atomic E-state index is -0.994. The van der Waals surface area contributed by atoms with Crippen LogP contribution < -0.4 is 4.74 Å². The number of ether oxygens (including phenoxy) is 1. The zero-order valence-electron chi connectivity index (χ0n) is 10.3. The molecule has 2 N–H and O–H groups in total. The summed E-state index contributed by atoms with van der Waals surface area (Å²) in [6, 6.07) is 6.80. The highest BCUT2D eigenvalue weighted by Gasteiger charge is 2.33. The first-order valence-electron chi connectivity index (χ1n) is 5.44. The van der Waals surface area contributed by atoms with E-state index in [0.717, 1.165) is 0 Å². The molecule has 1 aromatic rings. The Morgan fingerprint density at radius 2 is 2.06 bits per heavy atom. The number of aliphatic hydroxyl groups excluding tert-OH is 1. The Hall–Kier alpha value is -1.55. The second-order valence-electron chi connectivity index (χ2n) is 5.01. The lowest BCUT2D eigenvalue weighted by Gasteiger charge is -2.27. The molecule has 1 aromatic carbocycles. The first kappa shape index (κ1) is 13.5. The number of hydrogen-bond donors (Lipinski definition) is 2. The van der Waals surface area contributed by atoms with Crippen LogP contribution in [0.4, 0.5) is 0 Å². The van der Waals surface area contributed by atoms with Crippen LogP contribution in [0.2, 0.25) is 0 Å². The lowest BCUT2D eigenvalue weighted by atomic mass is 9.89. The van der Waals surface area contributed by atoms with Gasteiger partial charge in [-0.1, -0.05) is 32.9 Å². The summed E-state index contributed by atoms with van der Waals surface area (Å²) in [4.78, 5) is 11.1. The molecule has 94 valence electrons. The van der Waals surface area contributed by atoms with Crippen LogP contribution in [-0.4, -0.2) is 22.3 Å². The van der Waals surface area contributed by atoms with E-state index in [1.807, 2.05) is 20.8 Å². The Balaban J connectivity index is 2.90. The minimum Gasteiger partial charge on any atom is -0.478 e. The van der Waals surface area contributed by atoms with Crippen molar-refractivity contribution in [3.05, 3.63) is 29.8 Å². The van der Waals surface area contributed by atoms with Gasteiger partial charge in [-0.25, -0.2) is 4.79 Å². The van der Waals surface area contributed by atoms with Crippen molar-refractivity contribution < 1.29 is 19.7 Å². The van der Waals surface area contributed by atoms with E-state index in [-0.39, 0.29) is 6.61 Å².